The number of aromatic nitrogens is 4. The molecule has 0 radical (unpaired) electrons. The molecule has 0 spiro atoms. The smallest absolute Gasteiger partial charge is 0.246 e. The van der Waals surface area contributed by atoms with Crippen molar-refractivity contribution in [3.05, 3.63) is 41.2 Å². The van der Waals surface area contributed by atoms with Gasteiger partial charge < -0.3 is 9.42 Å². The third-order valence-corrected chi connectivity index (χ3v) is 5.80. The largest absolute Gasteiger partial charge is 0.337 e. The molecule has 0 N–H and O–H groups in total. The van der Waals surface area contributed by atoms with Gasteiger partial charge in [0.05, 0.1) is 12.5 Å². The summed E-state index contributed by atoms with van der Waals surface area (Å²) in [5.41, 5.74) is 0.844. The molecule has 3 aromatic rings. The first-order valence-electron chi connectivity index (χ1n) is 9.31. The zero-order valence-electron chi connectivity index (χ0n) is 16.1. The van der Waals surface area contributed by atoms with Crippen LogP contribution in [0.15, 0.2) is 34.9 Å². The Morgan fingerprint density at radius 1 is 1.31 bits per heavy atom. The minimum absolute atomic E-state index is 0.111. The maximum absolute atomic E-state index is 12.8. The van der Waals surface area contributed by atoms with Crippen LogP contribution in [-0.2, 0) is 22.6 Å². The summed E-state index contributed by atoms with van der Waals surface area (Å²) >= 11 is 1.38. The van der Waals surface area contributed by atoms with Crippen LogP contribution in [0.5, 0.6) is 0 Å². The maximum atomic E-state index is 12.8. The van der Waals surface area contributed by atoms with Gasteiger partial charge >= 0.3 is 0 Å². The molecule has 1 saturated heterocycles. The molecule has 1 aliphatic rings. The second-order valence-electron chi connectivity index (χ2n) is 6.81. The van der Waals surface area contributed by atoms with Gasteiger partial charge in [0.25, 0.3) is 0 Å². The first-order chi connectivity index (χ1) is 14.0. The monoisotopic (exact) mass is 412 g/mol. The summed E-state index contributed by atoms with van der Waals surface area (Å²) in [6.07, 6.45) is 0.920. The summed E-state index contributed by atoms with van der Waals surface area (Å²) in [6.45, 7) is 2.47. The molecule has 0 saturated carbocycles. The molecule has 3 heterocycles. The summed E-state index contributed by atoms with van der Waals surface area (Å²) in [7, 11) is 1.67. The number of benzene rings is 1. The lowest BCUT2D eigenvalue weighted by Crippen LogP contribution is -2.34. The molecule has 4 rings (SSSR count). The minimum Gasteiger partial charge on any atom is -0.337 e. The molecular weight excluding hydrogens is 392 g/mol. The third-order valence-electron chi connectivity index (χ3n) is 4.71. The zero-order valence-corrected chi connectivity index (χ0v) is 16.9. The van der Waals surface area contributed by atoms with Crippen molar-refractivity contribution in [2.24, 2.45) is 5.92 Å². The quantitative estimate of drug-likeness (QED) is 0.611. The lowest BCUT2D eigenvalue weighted by atomic mass is 10.1. The van der Waals surface area contributed by atoms with Crippen molar-refractivity contribution in [3.8, 4) is 11.4 Å². The molecule has 1 atom stereocenters. The van der Waals surface area contributed by atoms with Gasteiger partial charge in [-0.15, -0.1) is 10.2 Å². The van der Waals surface area contributed by atoms with Gasteiger partial charge in [0.15, 0.2) is 0 Å². The fourth-order valence-electron chi connectivity index (χ4n) is 3.17. The Hall–Kier alpha value is -3.14. The van der Waals surface area contributed by atoms with Gasteiger partial charge in [-0.1, -0.05) is 53.7 Å². The normalized spacial score (nSPS) is 16.4. The average molecular weight is 412 g/mol. The van der Waals surface area contributed by atoms with E-state index in [0.29, 0.717) is 23.4 Å². The van der Waals surface area contributed by atoms with E-state index in [0.717, 1.165) is 17.0 Å². The van der Waals surface area contributed by atoms with Gasteiger partial charge in [0, 0.05) is 25.6 Å². The van der Waals surface area contributed by atoms with Gasteiger partial charge in [-0.25, -0.2) is 0 Å². The Morgan fingerprint density at radius 3 is 2.83 bits per heavy atom. The molecule has 2 aromatic heterocycles. The van der Waals surface area contributed by atoms with E-state index in [2.05, 4.69) is 20.3 Å². The predicted octanol–water partition coefficient (Wildman–Crippen LogP) is 2.16. The van der Waals surface area contributed by atoms with Crippen LogP contribution in [0.1, 0.15) is 24.2 Å². The highest BCUT2D eigenvalue weighted by Crippen LogP contribution is 2.29. The Labute approximate surface area is 171 Å². The summed E-state index contributed by atoms with van der Waals surface area (Å²) in [6, 6.07) is 9.48. The van der Waals surface area contributed by atoms with Crippen molar-refractivity contribution in [2.75, 3.05) is 18.5 Å². The molecule has 1 aromatic carbocycles. The molecular formula is C19H20N6O3S. The van der Waals surface area contributed by atoms with Crippen molar-refractivity contribution in [3.63, 3.8) is 0 Å². The highest BCUT2D eigenvalue weighted by Gasteiger charge is 2.38. The third kappa shape index (κ3) is 4.02. The summed E-state index contributed by atoms with van der Waals surface area (Å²) in [4.78, 5) is 32.6. The number of carbonyl (C=O) groups is 2. The highest BCUT2D eigenvalue weighted by atomic mass is 32.1. The average Bonchev–Trinajstić information content (AvgIpc) is 3.47. The number of hydrogen-bond acceptors (Lipinski definition) is 8. The number of nitrogens with zero attached hydrogens (tertiary/aromatic N) is 6. The molecule has 2 amide bonds. The summed E-state index contributed by atoms with van der Waals surface area (Å²) < 4.78 is 5.28. The minimum atomic E-state index is -0.432. The number of amides is 2. The number of rotatable bonds is 6. The van der Waals surface area contributed by atoms with Gasteiger partial charge in [-0.2, -0.15) is 4.98 Å². The Bertz CT molecular complexity index is 1020. The van der Waals surface area contributed by atoms with Crippen LogP contribution in [-0.4, -0.2) is 50.6 Å². The molecule has 9 nitrogen and oxygen atoms in total. The SMILES string of the molecule is CCc1nnc(N2CC(C(=O)N(C)Cc3nc(-c4ccccc4)no3)CC2=O)s1. The van der Waals surface area contributed by atoms with Crippen molar-refractivity contribution < 1.29 is 14.1 Å². The molecule has 10 heteroatoms. The fourth-order valence-corrected chi connectivity index (χ4v) is 3.98. The van der Waals surface area contributed by atoms with Gasteiger partial charge in [-0.3, -0.25) is 14.5 Å². The maximum Gasteiger partial charge on any atom is 0.246 e. The lowest BCUT2D eigenvalue weighted by molar-refractivity contribution is -0.135. The van der Waals surface area contributed by atoms with Crippen molar-refractivity contribution >= 4 is 28.3 Å². The van der Waals surface area contributed by atoms with E-state index in [9.17, 15) is 9.59 Å². The molecule has 1 unspecified atom stereocenters. The van der Waals surface area contributed by atoms with Crippen LogP contribution < -0.4 is 4.90 Å². The first kappa shape index (κ1) is 19.2. The van der Waals surface area contributed by atoms with E-state index < -0.39 is 5.92 Å². The van der Waals surface area contributed by atoms with E-state index in [1.54, 1.807) is 11.9 Å². The van der Waals surface area contributed by atoms with Crippen LogP contribution in [0.25, 0.3) is 11.4 Å². The topological polar surface area (TPSA) is 105 Å². The first-order valence-corrected chi connectivity index (χ1v) is 10.1. The molecule has 1 aliphatic heterocycles. The van der Waals surface area contributed by atoms with Crippen LogP contribution in [0, 0.1) is 5.92 Å². The molecule has 1 fully saturated rings. The fraction of sp³-hybridized carbons (Fsp3) is 0.368. The second kappa shape index (κ2) is 8.08. The number of anilines is 1. The van der Waals surface area contributed by atoms with E-state index in [1.807, 2.05) is 37.3 Å². The Kier molecular flexibility index (Phi) is 5.34. The molecule has 0 aliphatic carbocycles. The highest BCUT2D eigenvalue weighted by molar-refractivity contribution is 7.15. The molecule has 29 heavy (non-hydrogen) atoms. The standard InChI is InChI=1S/C19H20N6O3S/c1-3-15-21-22-19(29-15)25-10-13(9-16(25)26)18(27)24(2)11-14-20-17(23-28-14)12-7-5-4-6-8-12/h4-8,13H,3,9-11H2,1-2H3. The van der Waals surface area contributed by atoms with Gasteiger partial charge in [0.2, 0.25) is 28.7 Å². The van der Waals surface area contributed by atoms with E-state index in [4.69, 9.17) is 4.52 Å². The van der Waals surface area contributed by atoms with Gasteiger partial charge in [-0.05, 0) is 6.42 Å². The Balaban J connectivity index is 1.39. The van der Waals surface area contributed by atoms with Crippen LogP contribution in [0.3, 0.4) is 0 Å². The van der Waals surface area contributed by atoms with E-state index in [-0.39, 0.29) is 24.8 Å². The second-order valence-corrected chi connectivity index (χ2v) is 7.85. The summed E-state index contributed by atoms with van der Waals surface area (Å²) in [5, 5.41) is 13.5. The van der Waals surface area contributed by atoms with Crippen LogP contribution >= 0.6 is 11.3 Å². The lowest BCUT2D eigenvalue weighted by Gasteiger charge is -2.19. The van der Waals surface area contributed by atoms with E-state index >= 15 is 0 Å². The Morgan fingerprint density at radius 2 is 2.10 bits per heavy atom. The summed E-state index contributed by atoms with van der Waals surface area (Å²) in [5.74, 6) is 0.141. The van der Waals surface area contributed by atoms with Gasteiger partial charge in [0.1, 0.15) is 5.01 Å². The van der Waals surface area contributed by atoms with Crippen LogP contribution in [0.4, 0.5) is 5.13 Å². The van der Waals surface area contributed by atoms with E-state index in [1.165, 1.54) is 16.2 Å². The number of carbonyl (C=O) groups excluding carboxylic acids is 2. The zero-order chi connectivity index (χ0) is 20.4. The number of aryl methyl sites for hydroxylation is 1. The molecule has 0 bridgehead atoms. The predicted molar refractivity (Wildman–Crippen MR) is 106 cm³/mol. The van der Waals surface area contributed by atoms with Crippen molar-refractivity contribution in [1.82, 2.24) is 25.2 Å². The molecule has 150 valence electrons. The van der Waals surface area contributed by atoms with Crippen molar-refractivity contribution in [2.45, 2.75) is 26.3 Å². The van der Waals surface area contributed by atoms with Crippen molar-refractivity contribution in [1.29, 1.82) is 0 Å². The number of hydrogen-bond donors (Lipinski definition) is 0. The van der Waals surface area contributed by atoms with Crippen LogP contribution in [0.2, 0.25) is 0 Å².